The molecule has 6 nitrogen and oxygen atoms in total. The zero-order valence-electron chi connectivity index (χ0n) is 19.0. The van der Waals surface area contributed by atoms with E-state index in [0.29, 0.717) is 11.5 Å². The highest BCUT2D eigenvalue weighted by Gasteiger charge is 2.17. The summed E-state index contributed by atoms with van der Waals surface area (Å²) in [6.45, 7) is 4.93. The van der Waals surface area contributed by atoms with Gasteiger partial charge in [-0.25, -0.2) is 0 Å². The van der Waals surface area contributed by atoms with Gasteiger partial charge in [0.1, 0.15) is 0 Å². The fourth-order valence-corrected chi connectivity index (χ4v) is 4.77. The molecule has 0 amide bonds. The average Bonchev–Trinajstić information content (AvgIpc) is 3.31. The van der Waals surface area contributed by atoms with Gasteiger partial charge in [-0.15, -0.1) is 16.4 Å². The van der Waals surface area contributed by atoms with E-state index < -0.39 is 0 Å². The van der Waals surface area contributed by atoms with E-state index in [1.54, 1.807) is 25.6 Å². The molecule has 0 aliphatic rings. The van der Waals surface area contributed by atoms with E-state index in [-0.39, 0.29) is 6.04 Å². The molecule has 4 aromatic rings. The standard InChI is InChI=1S/C25H28N4O2S/c1-15-20-11-22(30-4)23(31-5)12-21(20)25(29-28-15)27-16(2)24-10-18(14-32-24)19-9-7-6-8-17(19)13-26-3/h6-12,14,16,26H,13H2,1-5H3,(H,27,29)/t16-/m1/s1. The van der Waals surface area contributed by atoms with E-state index in [2.05, 4.69) is 63.5 Å². The number of thiophene rings is 1. The summed E-state index contributed by atoms with van der Waals surface area (Å²) >= 11 is 1.75. The smallest absolute Gasteiger partial charge is 0.161 e. The Hall–Kier alpha value is -3.16. The Kier molecular flexibility index (Phi) is 6.58. The molecule has 7 heteroatoms. The van der Waals surface area contributed by atoms with Crippen LogP contribution in [0.2, 0.25) is 0 Å². The van der Waals surface area contributed by atoms with Crippen molar-refractivity contribution in [1.29, 1.82) is 0 Å². The molecule has 0 saturated heterocycles. The average molecular weight is 449 g/mol. The molecule has 0 aliphatic heterocycles. The second-order valence-electron chi connectivity index (χ2n) is 7.68. The first kappa shape index (κ1) is 22.0. The predicted molar refractivity (Wildman–Crippen MR) is 132 cm³/mol. The number of nitrogens with one attached hydrogen (secondary N) is 2. The van der Waals surface area contributed by atoms with Crippen molar-refractivity contribution in [3.05, 3.63) is 64.0 Å². The molecule has 4 rings (SSSR count). The van der Waals surface area contributed by atoms with Gasteiger partial charge in [0.05, 0.1) is 26.0 Å². The lowest BCUT2D eigenvalue weighted by molar-refractivity contribution is 0.356. The van der Waals surface area contributed by atoms with Gasteiger partial charge in [0, 0.05) is 22.2 Å². The molecular weight excluding hydrogens is 420 g/mol. The van der Waals surface area contributed by atoms with Crippen LogP contribution < -0.4 is 20.1 Å². The Morgan fingerprint density at radius 3 is 2.44 bits per heavy atom. The molecule has 0 aliphatic carbocycles. The number of benzene rings is 2. The van der Waals surface area contributed by atoms with E-state index in [9.17, 15) is 0 Å². The molecule has 2 N–H and O–H groups in total. The number of methoxy groups -OCH3 is 2. The molecular formula is C25H28N4O2S. The highest BCUT2D eigenvalue weighted by Crippen LogP contribution is 2.37. The number of hydrogen-bond acceptors (Lipinski definition) is 7. The van der Waals surface area contributed by atoms with Crippen molar-refractivity contribution in [2.24, 2.45) is 0 Å². The van der Waals surface area contributed by atoms with Crippen LogP contribution in [0.4, 0.5) is 5.82 Å². The van der Waals surface area contributed by atoms with Crippen LogP contribution in [0, 0.1) is 6.92 Å². The van der Waals surface area contributed by atoms with Crippen molar-refractivity contribution in [3.63, 3.8) is 0 Å². The maximum atomic E-state index is 5.51. The van der Waals surface area contributed by atoms with Crippen LogP contribution in [0.1, 0.15) is 29.1 Å². The van der Waals surface area contributed by atoms with E-state index in [1.165, 1.54) is 21.6 Å². The Bertz CT molecular complexity index is 1240. The molecule has 2 aromatic heterocycles. The van der Waals surface area contributed by atoms with Crippen molar-refractivity contribution < 1.29 is 9.47 Å². The van der Waals surface area contributed by atoms with Gasteiger partial charge in [0.2, 0.25) is 0 Å². The number of hydrogen-bond donors (Lipinski definition) is 2. The van der Waals surface area contributed by atoms with Gasteiger partial charge >= 0.3 is 0 Å². The van der Waals surface area contributed by atoms with Crippen LogP contribution in [0.3, 0.4) is 0 Å². The number of anilines is 1. The highest BCUT2D eigenvalue weighted by atomic mass is 32.1. The SMILES string of the molecule is CNCc1ccccc1-c1csc([C@@H](C)Nc2nnc(C)c3cc(OC)c(OC)cc23)c1. The maximum absolute atomic E-state index is 5.51. The van der Waals surface area contributed by atoms with Gasteiger partial charge in [-0.05, 0) is 61.2 Å². The zero-order valence-corrected chi connectivity index (χ0v) is 19.8. The van der Waals surface area contributed by atoms with Crippen LogP contribution in [-0.2, 0) is 6.54 Å². The minimum atomic E-state index is 0.0681. The summed E-state index contributed by atoms with van der Waals surface area (Å²) in [5, 5.41) is 19.8. The Morgan fingerprint density at radius 2 is 1.72 bits per heavy atom. The van der Waals surface area contributed by atoms with Crippen LogP contribution >= 0.6 is 11.3 Å². The Morgan fingerprint density at radius 1 is 1.00 bits per heavy atom. The number of fused-ring (bicyclic) bond motifs is 1. The van der Waals surface area contributed by atoms with E-state index in [1.807, 2.05) is 26.1 Å². The van der Waals surface area contributed by atoms with Gasteiger partial charge in [0.15, 0.2) is 17.3 Å². The fraction of sp³-hybridized carbons (Fsp3) is 0.280. The van der Waals surface area contributed by atoms with Crippen LogP contribution in [-0.4, -0.2) is 31.5 Å². The van der Waals surface area contributed by atoms with Gasteiger partial charge < -0.3 is 20.1 Å². The Balaban J connectivity index is 1.65. The first-order valence-electron chi connectivity index (χ1n) is 10.5. The van der Waals surface area contributed by atoms with E-state index >= 15 is 0 Å². The van der Waals surface area contributed by atoms with E-state index in [0.717, 1.165) is 28.8 Å². The molecule has 2 aromatic carbocycles. The maximum Gasteiger partial charge on any atom is 0.161 e. The summed E-state index contributed by atoms with van der Waals surface area (Å²) in [6.07, 6.45) is 0. The fourth-order valence-electron chi connectivity index (χ4n) is 3.86. The first-order chi connectivity index (χ1) is 15.5. The van der Waals surface area contributed by atoms with Gasteiger partial charge in [0.25, 0.3) is 0 Å². The van der Waals surface area contributed by atoms with Crippen molar-refractivity contribution in [2.45, 2.75) is 26.4 Å². The minimum absolute atomic E-state index is 0.0681. The molecule has 0 spiro atoms. The molecule has 166 valence electrons. The molecule has 2 heterocycles. The van der Waals surface area contributed by atoms with Gasteiger partial charge in [-0.3, -0.25) is 0 Å². The highest BCUT2D eigenvalue weighted by molar-refractivity contribution is 7.10. The molecule has 0 saturated carbocycles. The summed E-state index contributed by atoms with van der Waals surface area (Å²) in [6, 6.07) is 14.7. The summed E-state index contributed by atoms with van der Waals surface area (Å²) in [5.41, 5.74) is 4.62. The lowest BCUT2D eigenvalue weighted by Crippen LogP contribution is -2.08. The largest absolute Gasteiger partial charge is 0.493 e. The predicted octanol–water partition coefficient (Wildman–Crippen LogP) is 5.58. The third-order valence-electron chi connectivity index (χ3n) is 5.56. The van der Waals surface area contributed by atoms with Crippen molar-refractivity contribution in [1.82, 2.24) is 15.5 Å². The summed E-state index contributed by atoms with van der Waals surface area (Å²) in [4.78, 5) is 1.23. The number of nitrogens with zero attached hydrogens (tertiary/aromatic N) is 2. The third kappa shape index (κ3) is 4.26. The normalized spacial score (nSPS) is 12.0. The number of ether oxygens (including phenoxy) is 2. The monoisotopic (exact) mass is 448 g/mol. The summed E-state index contributed by atoms with van der Waals surface area (Å²) in [5.74, 6) is 2.07. The van der Waals surface area contributed by atoms with Crippen LogP contribution in [0.15, 0.2) is 47.8 Å². The quantitative estimate of drug-likeness (QED) is 0.367. The summed E-state index contributed by atoms with van der Waals surface area (Å²) < 4.78 is 11.0. The van der Waals surface area contributed by atoms with Gasteiger partial charge in [-0.2, -0.15) is 5.10 Å². The van der Waals surface area contributed by atoms with Crippen molar-refractivity contribution >= 4 is 27.9 Å². The summed E-state index contributed by atoms with van der Waals surface area (Å²) in [7, 11) is 5.25. The number of aromatic nitrogens is 2. The van der Waals surface area contributed by atoms with E-state index in [4.69, 9.17) is 9.47 Å². The lowest BCUT2D eigenvalue weighted by Gasteiger charge is -2.16. The van der Waals surface area contributed by atoms with Crippen LogP contribution in [0.5, 0.6) is 11.5 Å². The lowest BCUT2D eigenvalue weighted by atomic mass is 10.0. The molecule has 0 unspecified atom stereocenters. The molecule has 0 bridgehead atoms. The zero-order chi connectivity index (χ0) is 22.7. The first-order valence-corrected chi connectivity index (χ1v) is 11.4. The minimum Gasteiger partial charge on any atom is -0.493 e. The molecule has 0 fully saturated rings. The molecule has 1 atom stereocenters. The van der Waals surface area contributed by atoms with Crippen LogP contribution in [0.25, 0.3) is 21.9 Å². The number of rotatable bonds is 8. The number of aryl methyl sites for hydroxylation is 1. The second-order valence-corrected chi connectivity index (χ2v) is 8.62. The molecule has 32 heavy (non-hydrogen) atoms. The molecule has 0 radical (unpaired) electrons. The third-order valence-corrected chi connectivity index (χ3v) is 6.68. The second kappa shape index (κ2) is 9.54. The topological polar surface area (TPSA) is 68.3 Å². The van der Waals surface area contributed by atoms with Gasteiger partial charge in [-0.1, -0.05) is 24.3 Å². The Labute approximate surface area is 192 Å². The van der Waals surface area contributed by atoms with Crippen molar-refractivity contribution in [2.75, 3.05) is 26.6 Å². The van der Waals surface area contributed by atoms with Crippen molar-refractivity contribution in [3.8, 4) is 22.6 Å².